The molecule has 0 aromatic rings. The molecule has 0 N–H and O–H groups in total. The second-order valence-corrected chi connectivity index (χ2v) is 6.55. The van der Waals surface area contributed by atoms with Crippen molar-refractivity contribution in [3.05, 3.63) is 0 Å². The number of carbonyl (C=O) groups is 3. The van der Waals surface area contributed by atoms with Crippen LogP contribution in [0.1, 0.15) is 27.2 Å². The molecule has 0 aromatic carbocycles. The molecular weight excluding hydrogens is 298 g/mol. The monoisotopic (exact) mass is 325 g/mol. The maximum atomic E-state index is 12.7. The molecular formula is C16H27N3O4. The molecule has 2 saturated heterocycles. The lowest BCUT2D eigenvalue weighted by molar-refractivity contribution is -0.157. The molecule has 7 heteroatoms. The summed E-state index contributed by atoms with van der Waals surface area (Å²) in [5.41, 5.74) is 0. The summed E-state index contributed by atoms with van der Waals surface area (Å²) < 4.78 is 5.18. The quantitative estimate of drug-likeness (QED) is 0.711. The van der Waals surface area contributed by atoms with E-state index in [2.05, 4.69) is 0 Å². The Kier molecular flexibility index (Phi) is 5.98. The van der Waals surface area contributed by atoms with Crippen molar-refractivity contribution < 1.29 is 19.1 Å². The van der Waals surface area contributed by atoms with Crippen LogP contribution in [0.15, 0.2) is 0 Å². The van der Waals surface area contributed by atoms with Crippen LogP contribution in [0.4, 0.5) is 0 Å². The fourth-order valence-corrected chi connectivity index (χ4v) is 3.14. The largest absolute Gasteiger partial charge is 0.372 e. The third-order valence-corrected chi connectivity index (χ3v) is 4.21. The molecule has 0 aliphatic carbocycles. The standard InChI is InChI=1S/C16H27N3O4/c1-4-23-11-15(21)17-6-5-7-19-13(9-17)16(22)18(8-12(2)3)10-14(19)20/h12-13H,4-11H2,1-3H3. The summed E-state index contributed by atoms with van der Waals surface area (Å²) >= 11 is 0. The van der Waals surface area contributed by atoms with Gasteiger partial charge >= 0.3 is 0 Å². The van der Waals surface area contributed by atoms with E-state index in [1.807, 2.05) is 20.8 Å². The summed E-state index contributed by atoms with van der Waals surface area (Å²) in [4.78, 5) is 42.2. The second-order valence-electron chi connectivity index (χ2n) is 6.55. The van der Waals surface area contributed by atoms with Crippen LogP contribution in [-0.4, -0.2) is 84.4 Å². The van der Waals surface area contributed by atoms with Gasteiger partial charge in [0.1, 0.15) is 12.6 Å². The van der Waals surface area contributed by atoms with E-state index in [9.17, 15) is 14.4 Å². The van der Waals surface area contributed by atoms with Gasteiger partial charge in [0.25, 0.3) is 0 Å². The lowest BCUT2D eigenvalue weighted by atomic mass is 10.1. The van der Waals surface area contributed by atoms with Gasteiger partial charge in [-0.15, -0.1) is 0 Å². The molecule has 0 aromatic heterocycles. The average Bonchev–Trinajstić information content (AvgIpc) is 2.73. The Morgan fingerprint density at radius 3 is 2.70 bits per heavy atom. The zero-order valence-corrected chi connectivity index (χ0v) is 14.3. The Bertz CT molecular complexity index is 466. The van der Waals surface area contributed by atoms with Gasteiger partial charge in [-0.3, -0.25) is 14.4 Å². The average molecular weight is 325 g/mol. The summed E-state index contributed by atoms with van der Waals surface area (Å²) in [5, 5.41) is 0. The normalized spacial score (nSPS) is 22.4. The van der Waals surface area contributed by atoms with Gasteiger partial charge in [-0.2, -0.15) is 0 Å². The highest BCUT2D eigenvalue weighted by Gasteiger charge is 2.41. The van der Waals surface area contributed by atoms with Gasteiger partial charge in [0.15, 0.2) is 0 Å². The Hall–Kier alpha value is -1.63. The fourth-order valence-electron chi connectivity index (χ4n) is 3.14. The van der Waals surface area contributed by atoms with Gasteiger partial charge in [0.2, 0.25) is 17.7 Å². The minimum Gasteiger partial charge on any atom is -0.372 e. The SMILES string of the molecule is CCOCC(=O)N1CCCN2C(=O)CN(CC(C)C)C(=O)C2C1. The van der Waals surface area contributed by atoms with Crippen LogP contribution in [0.3, 0.4) is 0 Å². The van der Waals surface area contributed by atoms with E-state index in [0.717, 1.165) is 0 Å². The molecule has 2 heterocycles. The van der Waals surface area contributed by atoms with Crippen molar-refractivity contribution in [3.63, 3.8) is 0 Å². The van der Waals surface area contributed by atoms with Crippen molar-refractivity contribution in [1.82, 2.24) is 14.7 Å². The Labute approximate surface area is 137 Å². The van der Waals surface area contributed by atoms with Gasteiger partial charge in [-0.25, -0.2) is 0 Å². The Morgan fingerprint density at radius 1 is 1.30 bits per heavy atom. The number of fused-ring (bicyclic) bond motifs is 1. The number of piperazine rings is 1. The van der Waals surface area contributed by atoms with Gasteiger partial charge in [0.05, 0.1) is 13.1 Å². The summed E-state index contributed by atoms with van der Waals surface area (Å²) in [6.07, 6.45) is 0.692. The highest BCUT2D eigenvalue weighted by Crippen LogP contribution is 2.19. The molecule has 2 rings (SSSR count). The molecule has 2 aliphatic heterocycles. The van der Waals surface area contributed by atoms with Crippen molar-refractivity contribution >= 4 is 17.7 Å². The van der Waals surface area contributed by atoms with Crippen LogP contribution in [0.5, 0.6) is 0 Å². The van der Waals surface area contributed by atoms with Gasteiger partial charge in [-0.1, -0.05) is 13.8 Å². The summed E-state index contributed by atoms with van der Waals surface area (Å²) in [7, 11) is 0. The van der Waals surface area contributed by atoms with E-state index in [1.165, 1.54) is 0 Å². The molecule has 2 aliphatic rings. The fraction of sp³-hybridized carbons (Fsp3) is 0.812. The van der Waals surface area contributed by atoms with Gasteiger partial charge in [-0.05, 0) is 19.3 Å². The van der Waals surface area contributed by atoms with Crippen molar-refractivity contribution in [2.24, 2.45) is 5.92 Å². The number of nitrogens with zero attached hydrogens (tertiary/aromatic N) is 3. The van der Waals surface area contributed by atoms with Crippen LogP contribution in [0, 0.1) is 5.92 Å². The minimum absolute atomic E-state index is 0.0191. The van der Waals surface area contributed by atoms with E-state index in [4.69, 9.17) is 4.74 Å². The van der Waals surface area contributed by atoms with E-state index in [-0.39, 0.29) is 37.4 Å². The molecule has 0 radical (unpaired) electrons. The lowest BCUT2D eigenvalue weighted by Gasteiger charge is -2.40. The summed E-state index contributed by atoms with van der Waals surface area (Å²) in [6.45, 7) is 8.48. The van der Waals surface area contributed by atoms with E-state index >= 15 is 0 Å². The third-order valence-electron chi connectivity index (χ3n) is 4.21. The number of rotatable bonds is 5. The first kappa shape index (κ1) is 17.7. The maximum absolute atomic E-state index is 12.7. The van der Waals surface area contributed by atoms with Crippen LogP contribution in [0.2, 0.25) is 0 Å². The third kappa shape index (κ3) is 4.22. The van der Waals surface area contributed by atoms with Crippen molar-refractivity contribution in [1.29, 1.82) is 0 Å². The lowest BCUT2D eigenvalue weighted by Crippen LogP contribution is -2.62. The van der Waals surface area contributed by atoms with Crippen LogP contribution in [-0.2, 0) is 19.1 Å². The molecule has 7 nitrogen and oxygen atoms in total. The molecule has 130 valence electrons. The number of amides is 3. The summed E-state index contributed by atoms with van der Waals surface area (Å²) in [5.74, 6) is 0.124. The maximum Gasteiger partial charge on any atom is 0.248 e. The van der Waals surface area contributed by atoms with Crippen molar-refractivity contribution in [3.8, 4) is 0 Å². The smallest absolute Gasteiger partial charge is 0.248 e. The topological polar surface area (TPSA) is 70.2 Å². The zero-order chi connectivity index (χ0) is 17.0. The molecule has 0 spiro atoms. The number of hydrogen-bond donors (Lipinski definition) is 0. The van der Waals surface area contributed by atoms with E-state index < -0.39 is 6.04 Å². The molecule has 1 atom stereocenters. The highest BCUT2D eigenvalue weighted by atomic mass is 16.5. The predicted octanol–water partition coefficient (Wildman–Crippen LogP) is -0.0494. The summed E-state index contributed by atoms with van der Waals surface area (Å²) in [6, 6.07) is -0.553. The zero-order valence-electron chi connectivity index (χ0n) is 14.3. The molecule has 1 unspecified atom stereocenters. The molecule has 0 saturated carbocycles. The van der Waals surface area contributed by atoms with Crippen LogP contribution in [0.25, 0.3) is 0 Å². The molecule has 23 heavy (non-hydrogen) atoms. The Balaban J connectivity index is 2.10. The molecule has 0 bridgehead atoms. The highest BCUT2D eigenvalue weighted by molar-refractivity contribution is 5.95. The Morgan fingerprint density at radius 2 is 2.04 bits per heavy atom. The molecule has 3 amide bonds. The van der Waals surface area contributed by atoms with Crippen LogP contribution < -0.4 is 0 Å². The number of hydrogen-bond acceptors (Lipinski definition) is 4. The van der Waals surface area contributed by atoms with Gasteiger partial charge < -0.3 is 19.4 Å². The van der Waals surface area contributed by atoms with Gasteiger partial charge in [0, 0.05) is 26.2 Å². The van der Waals surface area contributed by atoms with Crippen LogP contribution >= 0.6 is 0 Å². The number of ether oxygens (including phenoxy) is 1. The first-order valence-corrected chi connectivity index (χ1v) is 8.37. The minimum atomic E-state index is -0.553. The molecule has 2 fully saturated rings. The van der Waals surface area contributed by atoms with E-state index in [0.29, 0.717) is 38.6 Å². The second kappa shape index (κ2) is 7.77. The first-order chi connectivity index (χ1) is 10.9. The van der Waals surface area contributed by atoms with Crippen molar-refractivity contribution in [2.75, 3.05) is 45.9 Å². The predicted molar refractivity (Wildman–Crippen MR) is 84.6 cm³/mol. The first-order valence-electron chi connectivity index (χ1n) is 8.37. The van der Waals surface area contributed by atoms with Crippen molar-refractivity contribution in [2.45, 2.75) is 33.2 Å². The van der Waals surface area contributed by atoms with E-state index in [1.54, 1.807) is 14.7 Å². The number of carbonyl (C=O) groups excluding carboxylic acids is 3.